The lowest BCUT2D eigenvalue weighted by molar-refractivity contribution is -0.138. The molecule has 3 rings (SSSR count). The highest BCUT2D eigenvalue weighted by atomic mass is 19.4. The number of nitrogens with one attached hydrogen (secondary N) is 1. The number of halogens is 3. The maximum atomic E-state index is 12.6. The van der Waals surface area contributed by atoms with Gasteiger partial charge in [-0.3, -0.25) is 9.89 Å². The predicted molar refractivity (Wildman–Crippen MR) is 63.2 cm³/mol. The quantitative estimate of drug-likeness (QED) is 0.936. The summed E-state index contributed by atoms with van der Waals surface area (Å²) in [5.41, 5.74) is -1.37. The highest BCUT2D eigenvalue weighted by molar-refractivity contribution is 5.14. The van der Waals surface area contributed by atoms with E-state index >= 15 is 0 Å². The van der Waals surface area contributed by atoms with Gasteiger partial charge in [0.25, 0.3) is 5.56 Å². The Morgan fingerprint density at radius 3 is 2.75 bits per heavy atom. The average Bonchev–Trinajstić information content (AvgIpc) is 3.12. The van der Waals surface area contributed by atoms with Gasteiger partial charge in [0.05, 0.1) is 12.1 Å². The molecule has 1 saturated carbocycles. The zero-order valence-corrected chi connectivity index (χ0v) is 10.3. The SMILES string of the molecule is O=c1ccc(C(F)(F)F)cn1Cc1nc(C2CC2)n[nH]1. The second kappa shape index (κ2) is 4.46. The third-order valence-electron chi connectivity index (χ3n) is 3.12. The molecule has 8 heteroatoms. The molecule has 2 aromatic rings. The van der Waals surface area contributed by atoms with Crippen LogP contribution in [0.3, 0.4) is 0 Å². The summed E-state index contributed by atoms with van der Waals surface area (Å²) in [4.78, 5) is 15.8. The molecule has 0 unspecified atom stereocenters. The lowest BCUT2D eigenvalue weighted by Crippen LogP contribution is -2.22. The Hall–Kier alpha value is -2.12. The molecule has 0 saturated heterocycles. The van der Waals surface area contributed by atoms with Crippen molar-refractivity contribution in [3.8, 4) is 0 Å². The highest BCUT2D eigenvalue weighted by Crippen LogP contribution is 2.37. The minimum absolute atomic E-state index is 0.0531. The molecule has 1 fully saturated rings. The van der Waals surface area contributed by atoms with Gasteiger partial charge >= 0.3 is 6.18 Å². The van der Waals surface area contributed by atoms with Crippen LogP contribution in [0.2, 0.25) is 0 Å². The second-order valence-electron chi connectivity index (χ2n) is 4.80. The van der Waals surface area contributed by atoms with Crippen molar-refractivity contribution in [2.24, 2.45) is 0 Å². The van der Waals surface area contributed by atoms with Crippen LogP contribution in [0.4, 0.5) is 13.2 Å². The van der Waals surface area contributed by atoms with Crippen LogP contribution in [0.15, 0.2) is 23.1 Å². The van der Waals surface area contributed by atoms with Crippen LogP contribution >= 0.6 is 0 Å². The summed E-state index contributed by atoms with van der Waals surface area (Å²) >= 11 is 0. The predicted octanol–water partition coefficient (Wildman–Crippen LogP) is 1.91. The van der Waals surface area contributed by atoms with E-state index in [1.54, 1.807) is 0 Å². The summed E-state index contributed by atoms with van der Waals surface area (Å²) in [5, 5.41) is 6.66. The van der Waals surface area contributed by atoms with Crippen LogP contribution < -0.4 is 5.56 Å². The van der Waals surface area contributed by atoms with Gasteiger partial charge in [-0.25, -0.2) is 4.98 Å². The average molecular weight is 284 g/mol. The number of hydrogen-bond donors (Lipinski definition) is 1. The van der Waals surface area contributed by atoms with E-state index in [9.17, 15) is 18.0 Å². The van der Waals surface area contributed by atoms with Crippen molar-refractivity contribution < 1.29 is 13.2 Å². The summed E-state index contributed by atoms with van der Waals surface area (Å²) in [7, 11) is 0. The Morgan fingerprint density at radius 1 is 1.35 bits per heavy atom. The Labute approximate surface area is 111 Å². The lowest BCUT2D eigenvalue weighted by atomic mass is 10.3. The minimum atomic E-state index is -4.48. The molecule has 2 heterocycles. The Morgan fingerprint density at radius 2 is 2.10 bits per heavy atom. The summed E-state index contributed by atoms with van der Waals surface area (Å²) in [5.74, 6) is 1.39. The van der Waals surface area contributed by atoms with E-state index < -0.39 is 17.3 Å². The van der Waals surface area contributed by atoms with E-state index in [1.165, 1.54) is 0 Å². The van der Waals surface area contributed by atoms with Gasteiger partial charge < -0.3 is 4.57 Å². The van der Waals surface area contributed by atoms with E-state index in [2.05, 4.69) is 15.2 Å². The molecule has 1 aliphatic rings. The van der Waals surface area contributed by atoms with Gasteiger partial charge in [-0.15, -0.1) is 0 Å². The topological polar surface area (TPSA) is 63.6 Å². The fourth-order valence-electron chi connectivity index (χ4n) is 1.89. The molecular formula is C12H11F3N4O. The zero-order valence-electron chi connectivity index (χ0n) is 10.3. The molecular weight excluding hydrogens is 273 g/mol. The number of nitrogens with zero attached hydrogens (tertiary/aromatic N) is 3. The van der Waals surface area contributed by atoms with Crippen molar-refractivity contribution in [2.75, 3.05) is 0 Å². The summed E-state index contributed by atoms with van der Waals surface area (Å²) in [6, 6.07) is 1.68. The maximum Gasteiger partial charge on any atom is 0.417 e. The molecule has 0 bridgehead atoms. The third-order valence-corrected chi connectivity index (χ3v) is 3.12. The first kappa shape index (κ1) is 12.9. The highest BCUT2D eigenvalue weighted by Gasteiger charge is 2.31. The number of rotatable bonds is 3. The molecule has 0 aliphatic heterocycles. The largest absolute Gasteiger partial charge is 0.417 e. The Balaban J connectivity index is 1.87. The maximum absolute atomic E-state index is 12.6. The molecule has 106 valence electrons. The van der Waals surface area contributed by atoms with Gasteiger partial charge in [-0.2, -0.15) is 18.3 Å². The summed E-state index contributed by atoms with van der Waals surface area (Å²) < 4.78 is 38.8. The number of aromatic nitrogens is 4. The third kappa shape index (κ3) is 2.59. The van der Waals surface area contributed by atoms with E-state index in [-0.39, 0.29) is 6.54 Å². The number of aromatic amines is 1. The van der Waals surface area contributed by atoms with Crippen LogP contribution in [0, 0.1) is 0 Å². The standard InChI is InChI=1S/C12H11F3N4O/c13-12(14,15)8-3-4-10(20)19(5-8)6-9-16-11(18-17-9)7-1-2-7/h3-5,7H,1-2,6H2,(H,16,17,18). The minimum Gasteiger partial charge on any atom is -0.307 e. The van der Waals surface area contributed by atoms with Crippen LogP contribution in [-0.4, -0.2) is 19.7 Å². The van der Waals surface area contributed by atoms with Gasteiger partial charge in [0.1, 0.15) is 5.82 Å². The monoisotopic (exact) mass is 284 g/mol. The smallest absolute Gasteiger partial charge is 0.307 e. The number of hydrogen-bond acceptors (Lipinski definition) is 3. The molecule has 1 aliphatic carbocycles. The van der Waals surface area contributed by atoms with E-state index in [4.69, 9.17) is 0 Å². The molecule has 0 aromatic carbocycles. The van der Waals surface area contributed by atoms with E-state index in [0.717, 1.165) is 35.7 Å². The molecule has 20 heavy (non-hydrogen) atoms. The second-order valence-corrected chi connectivity index (χ2v) is 4.80. The normalized spacial score (nSPS) is 15.6. The van der Waals surface area contributed by atoms with Gasteiger partial charge in [-0.05, 0) is 18.9 Å². The molecule has 1 N–H and O–H groups in total. The van der Waals surface area contributed by atoms with Crippen molar-refractivity contribution in [1.29, 1.82) is 0 Å². The molecule has 5 nitrogen and oxygen atoms in total. The fourth-order valence-corrected chi connectivity index (χ4v) is 1.89. The van der Waals surface area contributed by atoms with Crippen molar-refractivity contribution >= 4 is 0 Å². The molecule has 0 atom stereocenters. The van der Waals surface area contributed by atoms with E-state index in [1.807, 2.05) is 0 Å². The molecule has 0 radical (unpaired) electrons. The van der Waals surface area contributed by atoms with Gasteiger partial charge in [0, 0.05) is 18.2 Å². The summed E-state index contributed by atoms with van der Waals surface area (Å²) in [6.07, 6.45) is -1.63. The Bertz CT molecular complexity index is 684. The van der Waals surface area contributed by atoms with Crippen LogP contribution in [-0.2, 0) is 12.7 Å². The first-order valence-corrected chi connectivity index (χ1v) is 6.12. The van der Waals surface area contributed by atoms with Crippen LogP contribution in [0.5, 0.6) is 0 Å². The van der Waals surface area contributed by atoms with Crippen molar-refractivity contribution in [1.82, 2.24) is 19.7 Å². The van der Waals surface area contributed by atoms with Gasteiger partial charge in [0.15, 0.2) is 5.82 Å². The van der Waals surface area contributed by atoms with E-state index in [0.29, 0.717) is 17.6 Å². The lowest BCUT2D eigenvalue weighted by Gasteiger charge is -2.09. The number of alkyl halides is 3. The zero-order chi connectivity index (χ0) is 14.3. The van der Waals surface area contributed by atoms with Gasteiger partial charge in [0.2, 0.25) is 0 Å². The molecule has 0 amide bonds. The number of H-pyrrole nitrogens is 1. The van der Waals surface area contributed by atoms with Crippen molar-refractivity contribution in [3.05, 3.63) is 45.9 Å². The molecule has 2 aromatic heterocycles. The van der Waals surface area contributed by atoms with Gasteiger partial charge in [-0.1, -0.05) is 0 Å². The molecule has 0 spiro atoms. The first-order valence-electron chi connectivity index (χ1n) is 6.12. The van der Waals surface area contributed by atoms with Crippen molar-refractivity contribution in [2.45, 2.75) is 31.5 Å². The summed E-state index contributed by atoms with van der Waals surface area (Å²) in [6.45, 7) is -0.0531. The first-order chi connectivity index (χ1) is 9.43. The van der Waals surface area contributed by atoms with Crippen molar-refractivity contribution in [3.63, 3.8) is 0 Å². The number of pyridine rings is 1. The Kier molecular flexibility index (Phi) is 2.88. The fraction of sp³-hybridized carbons (Fsp3) is 0.417. The van der Waals surface area contributed by atoms with Crippen LogP contribution in [0.25, 0.3) is 0 Å². The van der Waals surface area contributed by atoms with Crippen LogP contribution in [0.1, 0.15) is 36.0 Å².